The Labute approximate surface area is 135 Å². The molecule has 1 saturated carbocycles. The van der Waals surface area contributed by atoms with E-state index in [0.29, 0.717) is 10.2 Å². The molecule has 1 aromatic rings. The molecule has 2 atom stereocenters. The van der Waals surface area contributed by atoms with E-state index in [0.717, 1.165) is 12.8 Å². The van der Waals surface area contributed by atoms with Crippen LogP contribution in [0.5, 0.6) is 0 Å². The van der Waals surface area contributed by atoms with Gasteiger partial charge in [0.25, 0.3) is 0 Å². The minimum Gasteiger partial charge on any atom is -0.480 e. The molecule has 21 heavy (non-hydrogen) atoms. The maximum Gasteiger partial charge on any atom is 0.322 e. The number of carbonyl (C=O) groups is 1. The van der Waals surface area contributed by atoms with Gasteiger partial charge in [-0.1, -0.05) is 22.0 Å². The zero-order valence-corrected chi connectivity index (χ0v) is 14.2. The molecule has 0 radical (unpaired) electrons. The molecule has 1 N–H and O–H groups in total. The van der Waals surface area contributed by atoms with Crippen LogP contribution in [0.2, 0.25) is 0 Å². The van der Waals surface area contributed by atoms with Crippen LogP contribution in [0.1, 0.15) is 12.8 Å². The first-order valence-electron chi connectivity index (χ1n) is 6.55. The van der Waals surface area contributed by atoms with Crippen molar-refractivity contribution in [3.63, 3.8) is 0 Å². The standard InChI is InChI=1S/C13H14BrNO4S2/c14-9-2-1-3-10(6-9)21(18,19)15-11(13(16)17)7-20-12(15)8-4-5-8/h1-3,6,8,11-12H,4-5,7H2,(H,16,17). The molecule has 2 fully saturated rings. The first-order valence-corrected chi connectivity index (χ1v) is 9.83. The summed E-state index contributed by atoms with van der Waals surface area (Å²) < 4.78 is 27.6. The first kappa shape index (κ1) is 15.3. The van der Waals surface area contributed by atoms with Gasteiger partial charge in [-0.15, -0.1) is 11.8 Å². The van der Waals surface area contributed by atoms with Crippen LogP contribution in [0.25, 0.3) is 0 Å². The second kappa shape index (κ2) is 5.57. The number of sulfonamides is 1. The molecular weight excluding hydrogens is 378 g/mol. The van der Waals surface area contributed by atoms with Crippen LogP contribution in [-0.2, 0) is 14.8 Å². The van der Waals surface area contributed by atoms with Gasteiger partial charge in [0.15, 0.2) is 0 Å². The predicted molar refractivity (Wildman–Crippen MR) is 83.6 cm³/mol. The Hall–Kier alpha value is -0.570. The predicted octanol–water partition coefficient (Wildman–Crippen LogP) is 2.38. The molecule has 5 nitrogen and oxygen atoms in total. The Balaban J connectivity index is 2.02. The number of rotatable bonds is 4. The van der Waals surface area contributed by atoms with E-state index < -0.39 is 22.0 Å². The number of halogens is 1. The minimum absolute atomic E-state index is 0.135. The Morgan fingerprint density at radius 2 is 2.10 bits per heavy atom. The molecule has 1 aliphatic carbocycles. The fourth-order valence-corrected chi connectivity index (χ4v) is 6.88. The number of carboxylic acid groups (broad SMARTS) is 1. The molecule has 2 unspecified atom stereocenters. The molecule has 2 aliphatic rings. The van der Waals surface area contributed by atoms with Crippen LogP contribution in [0.15, 0.2) is 33.6 Å². The molecule has 0 aromatic heterocycles. The largest absolute Gasteiger partial charge is 0.480 e. The lowest BCUT2D eigenvalue weighted by Crippen LogP contribution is -2.46. The fraction of sp³-hybridized carbons (Fsp3) is 0.462. The molecule has 1 heterocycles. The van der Waals surface area contributed by atoms with Crippen LogP contribution in [0.3, 0.4) is 0 Å². The van der Waals surface area contributed by atoms with Gasteiger partial charge >= 0.3 is 5.97 Å². The highest BCUT2D eigenvalue weighted by molar-refractivity contribution is 9.10. The lowest BCUT2D eigenvalue weighted by Gasteiger charge is -2.26. The van der Waals surface area contributed by atoms with E-state index in [1.807, 2.05) is 0 Å². The highest BCUT2D eigenvalue weighted by Crippen LogP contribution is 2.47. The van der Waals surface area contributed by atoms with Gasteiger partial charge in [0.2, 0.25) is 10.0 Å². The molecule has 1 saturated heterocycles. The van der Waals surface area contributed by atoms with Crippen LogP contribution in [0, 0.1) is 5.92 Å². The van der Waals surface area contributed by atoms with Crippen molar-refractivity contribution in [2.75, 3.05) is 5.75 Å². The number of thioether (sulfide) groups is 1. The number of carboxylic acids is 1. The summed E-state index contributed by atoms with van der Waals surface area (Å²) in [5, 5.41) is 9.09. The van der Waals surface area contributed by atoms with Crippen LogP contribution in [-0.4, -0.2) is 41.0 Å². The van der Waals surface area contributed by atoms with E-state index in [9.17, 15) is 18.3 Å². The van der Waals surface area contributed by atoms with E-state index in [1.54, 1.807) is 12.1 Å². The van der Waals surface area contributed by atoms with Crippen molar-refractivity contribution in [3.05, 3.63) is 28.7 Å². The zero-order chi connectivity index (χ0) is 15.2. The molecule has 0 bridgehead atoms. The summed E-state index contributed by atoms with van der Waals surface area (Å²) in [6.45, 7) is 0. The summed E-state index contributed by atoms with van der Waals surface area (Å²) in [6, 6.07) is 5.42. The fourth-order valence-electron chi connectivity index (χ4n) is 2.47. The lowest BCUT2D eigenvalue weighted by molar-refractivity contribution is -0.140. The first-order chi connectivity index (χ1) is 9.91. The van der Waals surface area contributed by atoms with E-state index in [4.69, 9.17) is 0 Å². The normalized spacial score (nSPS) is 26.9. The SMILES string of the molecule is O=C(O)C1CSC(C2CC2)N1S(=O)(=O)c1cccc(Br)c1. The number of aliphatic carboxylic acids is 1. The number of nitrogens with zero attached hydrogens (tertiary/aromatic N) is 1. The summed E-state index contributed by atoms with van der Waals surface area (Å²) in [5.41, 5.74) is 0. The van der Waals surface area contributed by atoms with Crippen molar-refractivity contribution in [1.82, 2.24) is 4.31 Å². The van der Waals surface area contributed by atoms with Crippen LogP contribution < -0.4 is 0 Å². The summed E-state index contributed by atoms with van der Waals surface area (Å²) >= 11 is 4.70. The smallest absolute Gasteiger partial charge is 0.322 e. The molecule has 0 spiro atoms. The molecule has 0 amide bonds. The van der Waals surface area contributed by atoms with Gasteiger partial charge in [-0.05, 0) is 37.0 Å². The topological polar surface area (TPSA) is 74.7 Å². The second-order valence-electron chi connectivity index (χ2n) is 5.21. The molecule has 114 valence electrons. The number of hydrogen-bond acceptors (Lipinski definition) is 4. The Morgan fingerprint density at radius 3 is 2.67 bits per heavy atom. The molecule has 1 aromatic carbocycles. The van der Waals surface area contributed by atoms with Crippen molar-refractivity contribution in [1.29, 1.82) is 0 Å². The summed E-state index contributed by atoms with van der Waals surface area (Å²) in [6.07, 6.45) is 1.93. The van der Waals surface area contributed by atoms with E-state index in [2.05, 4.69) is 15.9 Å². The van der Waals surface area contributed by atoms with Gasteiger partial charge in [0, 0.05) is 10.2 Å². The molecule has 8 heteroatoms. The highest BCUT2D eigenvalue weighted by atomic mass is 79.9. The lowest BCUT2D eigenvalue weighted by atomic mass is 10.3. The maximum atomic E-state index is 12.9. The Bertz CT molecular complexity index is 675. The van der Waals surface area contributed by atoms with E-state index >= 15 is 0 Å². The Kier molecular flexibility index (Phi) is 4.06. The van der Waals surface area contributed by atoms with Crippen LogP contribution in [0.4, 0.5) is 0 Å². The van der Waals surface area contributed by atoms with Crippen molar-refractivity contribution >= 4 is 43.7 Å². The second-order valence-corrected chi connectivity index (χ2v) is 9.12. The monoisotopic (exact) mass is 391 g/mol. The van der Waals surface area contributed by atoms with Gasteiger partial charge in [-0.25, -0.2) is 8.42 Å². The number of benzene rings is 1. The van der Waals surface area contributed by atoms with Gasteiger partial charge in [0.1, 0.15) is 6.04 Å². The van der Waals surface area contributed by atoms with Crippen LogP contribution >= 0.6 is 27.7 Å². The minimum atomic E-state index is -3.81. The molecule has 3 rings (SSSR count). The average molecular weight is 392 g/mol. The van der Waals surface area contributed by atoms with Crippen molar-refractivity contribution < 1.29 is 18.3 Å². The van der Waals surface area contributed by atoms with E-state index in [1.165, 1.54) is 28.2 Å². The van der Waals surface area contributed by atoms with Gasteiger partial charge in [-0.3, -0.25) is 4.79 Å². The maximum absolute atomic E-state index is 12.9. The average Bonchev–Trinajstić information content (AvgIpc) is 3.16. The summed E-state index contributed by atoms with van der Waals surface area (Å²) in [4.78, 5) is 11.6. The van der Waals surface area contributed by atoms with Gasteiger partial charge in [-0.2, -0.15) is 4.31 Å². The third-order valence-electron chi connectivity index (χ3n) is 3.66. The quantitative estimate of drug-likeness (QED) is 0.852. The van der Waals surface area contributed by atoms with Gasteiger partial charge in [0.05, 0.1) is 10.3 Å². The Morgan fingerprint density at radius 1 is 1.38 bits per heavy atom. The number of hydrogen-bond donors (Lipinski definition) is 1. The van der Waals surface area contributed by atoms with Gasteiger partial charge < -0.3 is 5.11 Å². The molecule has 1 aliphatic heterocycles. The highest BCUT2D eigenvalue weighted by Gasteiger charge is 2.51. The third kappa shape index (κ3) is 2.86. The van der Waals surface area contributed by atoms with E-state index in [-0.39, 0.29) is 16.2 Å². The van der Waals surface area contributed by atoms with Crippen molar-refractivity contribution in [2.24, 2.45) is 5.92 Å². The molecular formula is C13H14BrNO4S2. The zero-order valence-electron chi connectivity index (χ0n) is 11.0. The van der Waals surface area contributed by atoms with Crippen molar-refractivity contribution in [3.8, 4) is 0 Å². The summed E-state index contributed by atoms with van der Waals surface area (Å²) in [5.74, 6) is -0.491. The van der Waals surface area contributed by atoms with Crippen molar-refractivity contribution in [2.45, 2.75) is 29.2 Å². The summed E-state index contributed by atoms with van der Waals surface area (Å²) in [7, 11) is -3.81. The third-order valence-corrected chi connectivity index (χ3v) is 7.64.